The van der Waals surface area contributed by atoms with E-state index in [4.69, 9.17) is 0 Å². The third-order valence-corrected chi connectivity index (χ3v) is 3.59. The number of amides is 1. The average molecular weight is 286 g/mol. The second-order valence-corrected chi connectivity index (χ2v) is 5.38. The minimum atomic E-state index is -0.181. The molecule has 114 valence electrons. The van der Waals surface area contributed by atoms with Crippen LogP contribution in [0.2, 0.25) is 0 Å². The van der Waals surface area contributed by atoms with Crippen molar-refractivity contribution in [2.24, 2.45) is 5.92 Å². The second-order valence-electron chi connectivity index (χ2n) is 5.38. The van der Waals surface area contributed by atoms with Crippen LogP contribution < -0.4 is 5.32 Å². The van der Waals surface area contributed by atoms with Gasteiger partial charge in [-0.05, 0) is 56.7 Å². The maximum Gasteiger partial charge on any atom is 0.231 e. The molecule has 0 saturated heterocycles. The Bertz CT molecular complexity index is 520. The number of nitrogens with zero attached hydrogens (tertiary/aromatic N) is 1. The molecule has 0 aliphatic rings. The Kier molecular flexibility index (Phi) is 6.73. The van der Waals surface area contributed by atoms with Crippen molar-refractivity contribution >= 4 is 11.6 Å². The van der Waals surface area contributed by atoms with Crippen LogP contribution in [0, 0.1) is 19.8 Å². The molecule has 0 saturated carbocycles. The van der Waals surface area contributed by atoms with Crippen molar-refractivity contribution in [3.63, 3.8) is 0 Å². The summed E-state index contributed by atoms with van der Waals surface area (Å²) in [7, 11) is 2.00. The maximum absolute atomic E-state index is 12.3. The van der Waals surface area contributed by atoms with Crippen LogP contribution in [0.5, 0.6) is 0 Å². The van der Waals surface area contributed by atoms with E-state index in [1.807, 2.05) is 51.4 Å². The van der Waals surface area contributed by atoms with Crippen LogP contribution in [0.3, 0.4) is 0 Å². The molecule has 1 N–H and O–H groups in total. The summed E-state index contributed by atoms with van der Waals surface area (Å²) < 4.78 is 0. The van der Waals surface area contributed by atoms with Crippen LogP contribution in [0.4, 0.5) is 5.69 Å². The summed E-state index contributed by atoms with van der Waals surface area (Å²) >= 11 is 0. The summed E-state index contributed by atoms with van der Waals surface area (Å²) in [6.07, 6.45) is 6.46. The third-order valence-electron chi connectivity index (χ3n) is 3.59. The number of rotatable bonds is 7. The molecule has 1 amide bonds. The smallest absolute Gasteiger partial charge is 0.231 e. The molecule has 0 aromatic heterocycles. The normalized spacial score (nSPS) is 12.2. The molecule has 0 fully saturated rings. The predicted octanol–water partition coefficient (Wildman–Crippen LogP) is 3.90. The van der Waals surface area contributed by atoms with Crippen LogP contribution in [0.15, 0.2) is 43.1 Å². The van der Waals surface area contributed by atoms with E-state index >= 15 is 0 Å². The van der Waals surface area contributed by atoms with E-state index in [9.17, 15) is 4.79 Å². The maximum atomic E-state index is 12.3. The Morgan fingerprint density at radius 2 is 2.10 bits per heavy atom. The van der Waals surface area contributed by atoms with Gasteiger partial charge in [-0.25, -0.2) is 0 Å². The summed E-state index contributed by atoms with van der Waals surface area (Å²) in [5, 5.41) is 2.97. The first-order valence-electron chi connectivity index (χ1n) is 7.31. The van der Waals surface area contributed by atoms with Crippen molar-refractivity contribution in [2.75, 3.05) is 18.9 Å². The van der Waals surface area contributed by atoms with Crippen molar-refractivity contribution in [3.8, 4) is 0 Å². The van der Waals surface area contributed by atoms with E-state index in [1.54, 1.807) is 6.08 Å². The number of nitrogens with one attached hydrogen (secondary N) is 1. The van der Waals surface area contributed by atoms with Crippen LogP contribution in [0.1, 0.15) is 24.5 Å². The summed E-state index contributed by atoms with van der Waals surface area (Å²) in [6, 6.07) is 5.96. The lowest BCUT2D eigenvalue weighted by atomic mass is 10.0. The van der Waals surface area contributed by atoms with Gasteiger partial charge in [-0.1, -0.05) is 18.2 Å². The average Bonchev–Trinajstić information content (AvgIpc) is 2.44. The fourth-order valence-electron chi connectivity index (χ4n) is 2.08. The van der Waals surface area contributed by atoms with Gasteiger partial charge < -0.3 is 10.2 Å². The fourth-order valence-corrected chi connectivity index (χ4v) is 2.08. The van der Waals surface area contributed by atoms with E-state index in [0.29, 0.717) is 0 Å². The minimum absolute atomic E-state index is 0.00197. The number of carbonyl (C=O) groups is 1. The molecule has 0 aliphatic carbocycles. The molecule has 0 aliphatic heterocycles. The van der Waals surface area contributed by atoms with Gasteiger partial charge in [0.1, 0.15) is 0 Å². The zero-order valence-electron chi connectivity index (χ0n) is 13.5. The highest BCUT2D eigenvalue weighted by atomic mass is 16.1. The molecule has 1 aromatic carbocycles. The predicted molar refractivity (Wildman–Crippen MR) is 90.3 cm³/mol. The third kappa shape index (κ3) is 5.46. The highest BCUT2D eigenvalue weighted by molar-refractivity contribution is 5.93. The molecule has 0 spiro atoms. The highest BCUT2D eigenvalue weighted by Crippen LogP contribution is 2.16. The fraction of sp³-hybridized carbons (Fsp3) is 0.389. The van der Waals surface area contributed by atoms with E-state index < -0.39 is 0 Å². The Morgan fingerprint density at radius 3 is 2.67 bits per heavy atom. The lowest BCUT2D eigenvalue weighted by Gasteiger charge is -2.18. The molecule has 1 rings (SSSR count). The minimum Gasteiger partial charge on any atom is -0.381 e. The Labute approximate surface area is 128 Å². The van der Waals surface area contributed by atoms with Gasteiger partial charge in [0.15, 0.2) is 0 Å². The summed E-state index contributed by atoms with van der Waals surface area (Å²) in [4.78, 5) is 14.4. The number of hydrogen-bond acceptors (Lipinski definition) is 2. The number of aryl methyl sites for hydroxylation is 2. The number of benzene rings is 1. The van der Waals surface area contributed by atoms with Crippen molar-refractivity contribution in [3.05, 3.63) is 54.3 Å². The van der Waals surface area contributed by atoms with Crippen LogP contribution in [-0.4, -0.2) is 24.4 Å². The highest BCUT2D eigenvalue weighted by Gasteiger charge is 2.15. The molecule has 1 atom stereocenters. The quantitative estimate of drug-likeness (QED) is 0.771. The summed E-state index contributed by atoms with van der Waals surface area (Å²) in [5.41, 5.74) is 3.24. The molecule has 1 aromatic rings. The summed E-state index contributed by atoms with van der Waals surface area (Å²) in [5.74, 6) is -0.179. The molecule has 3 nitrogen and oxygen atoms in total. The number of carbonyl (C=O) groups excluding carboxylic acids is 1. The molecule has 0 bridgehead atoms. The molecule has 3 heteroatoms. The molecule has 1 unspecified atom stereocenters. The molecular formula is C18H26N2O. The molecular weight excluding hydrogens is 260 g/mol. The lowest BCUT2D eigenvalue weighted by Crippen LogP contribution is -2.25. The Hall–Kier alpha value is -2.03. The topological polar surface area (TPSA) is 32.3 Å². The first-order valence-corrected chi connectivity index (χ1v) is 7.31. The second kappa shape index (κ2) is 8.30. The largest absolute Gasteiger partial charge is 0.381 e. The van der Waals surface area contributed by atoms with E-state index in [-0.39, 0.29) is 11.8 Å². The van der Waals surface area contributed by atoms with Gasteiger partial charge in [-0.3, -0.25) is 4.79 Å². The van der Waals surface area contributed by atoms with Crippen molar-refractivity contribution in [2.45, 2.75) is 27.2 Å². The van der Waals surface area contributed by atoms with Gasteiger partial charge in [-0.15, -0.1) is 6.58 Å². The van der Waals surface area contributed by atoms with Crippen LogP contribution in [0.25, 0.3) is 0 Å². The molecule has 21 heavy (non-hydrogen) atoms. The van der Waals surface area contributed by atoms with Crippen LogP contribution >= 0.6 is 0 Å². The first-order chi connectivity index (χ1) is 9.97. The van der Waals surface area contributed by atoms with E-state index in [0.717, 1.165) is 18.7 Å². The van der Waals surface area contributed by atoms with Gasteiger partial charge in [-0.2, -0.15) is 0 Å². The Morgan fingerprint density at radius 1 is 1.38 bits per heavy atom. The lowest BCUT2D eigenvalue weighted by molar-refractivity contribution is -0.118. The van der Waals surface area contributed by atoms with Crippen molar-refractivity contribution in [1.82, 2.24) is 4.90 Å². The zero-order chi connectivity index (χ0) is 15.8. The van der Waals surface area contributed by atoms with Gasteiger partial charge in [0, 0.05) is 19.3 Å². The molecule has 0 radical (unpaired) electrons. The van der Waals surface area contributed by atoms with E-state index in [1.165, 1.54) is 11.1 Å². The van der Waals surface area contributed by atoms with Gasteiger partial charge in [0.25, 0.3) is 0 Å². The standard InChI is InChI=1S/C18H26N2O/c1-6-11-20(5)12-10-16(7-2)18(21)19-17-9-8-14(3)15(4)13-17/h6-9,11,13,16H,2,10,12H2,1,3-5H3,(H,19,21)/b11-6+. The van der Waals surface area contributed by atoms with E-state index in [2.05, 4.69) is 23.7 Å². The van der Waals surface area contributed by atoms with Gasteiger partial charge >= 0.3 is 0 Å². The first kappa shape index (κ1) is 17.0. The monoisotopic (exact) mass is 286 g/mol. The zero-order valence-corrected chi connectivity index (χ0v) is 13.5. The number of hydrogen-bond donors (Lipinski definition) is 1. The SMILES string of the molecule is C=CC(CCN(C)/C=C/C)C(=O)Nc1ccc(C)c(C)c1. The number of allylic oxidation sites excluding steroid dienone is 1. The Balaban J connectivity index is 2.62. The van der Waals surface area contributed by atoms with Gasteiger partial charge in [0.05, 0.1) is 5.92 Å². The number of anilines is 1. The van der Waals surface area contributed by atoms with Crippen molar-refractivity contribution in [1.29, 1.82) is 0 Å². The summed E-state index contributed by atoms with van der Waals surface area (Å²) in [6.45, 7) is 10.7. The van der Waals surface area contributed by atoms with Gasteiger partial charge in [0.2, 0.25) is 5.91 Å². The molecule has 0 heterocycles. The van der Waals surface area contributed by atoms with Crippen molar-refractivity contribution < 1.29 is 4.79 Å². The van der Waals surface area contributed by atoms with Crippen LogP contribution in [-0.2, 0) is 4.79 Å².